The van der Waals surface area contributed by atoms with E-state index in [4.69, 9.17) is 11.1 Å². The molecule has 1 unspecified atom stereocenters. The molecule has 1 rings (SSSR count). The van der Waals surface area contributed by atoms with Crippen LogP contribution in [-0.2, 0) is 0 Å². The van der Waals surface area contributed by atoms with E-state index < -0.39 is 0 Å². The zero-order chi connectivity index (χ0) is 10.6. The van der Waals surface area contributed by atoms with Gasteiger partial charge in [-0.15, -0.1) is 11.8 Å². The summed E-state index contributed by atoms with van der Waals surface area (Å²) < 4.78 is 1.06. The predicted molar refractivity (Wildman–Crippen MR) is 66.0 cm³/mol. The summed E-state index contributed by atoms with van der Waals surface area (Å²) in [6, 6.07) is 7.98. The molecule has 14 heavy (non-hydrogen) atoms. The molecule has 2 nitrogen and oxygen atoms in total. The van der Waals surface area contributed by atoms with Crippen molar-refractivity contribution in [3.05, 3.63) is 28.7 Å². The molecule has 0 aliphatic carbocycles. The Bertz CT molecular complexity index is 328. The predicted octanol–water partition coefficient (Wildman–Crippen LogP) is 3.26. The van der Waals surface area contributed by atoms with Gasteiger partial charge in [-0.1, -0.05) is 19.1 Å². The Hall–Kier alpha value is -0.480. The Balaban J connectivity index is 2.77. The zero-order valence-electron chi connectivity index (χ0n) is 7.96. The summed E-state index contributed by atoms with van der Waals surface area (Å²) in [6.45, 7) is 2.04. The Morgan fingerprint density at radius 1 is 1.57 bits per heavy atom. The molecule has 0 aromatic heterocycles. The number of benzene rings is 1. The van der Waals surface area contributed by atoms with Gasteiger partial charge in [0.15, 0.2) is 0 Å². The lowest BCUT2D eigenvalue weighted by Crippen LogP contribution is -2.23. The van der Waals surface area contributed by atoms with Gasteiger partial charge in [-0.3, -0.25) is 5.41 Å². The van der Waals surface area contributed by atoms with Crippen LogP contribution < -0.4 is 5.73 Å². The summed E-state index contributed by atoms with van der Waals surface area (Å²) in [5.74, 6) is 0.244. The van der Waals surface area contributed by atoms with Crippen molar-refractivity contribution in [2.45, 2.75) is 23.5 Å². The largest absolute Gasteiger partial charge is 0.387 e. The van der Waals surface area contributed by atoms with E-state index in [1.807, 2.05) is 31.2 Å². The van der Waals surface area contributed by atoms with Crippen LogP contribution in [0.4, 0.5) is 0 Å². The van der Waals surface area contributed by atoms with Gasteiger partial charge in [-0.05, 0) is 34.5 Å². The third-order valence-corrected chi connectivity index (χ3v) is 4.26. The summed E-state index contributed by atoms with van der Waals surface area (Å²) in [5, 5.41) is 7.49. The minimum atomic E-state index is 0.0775. The van der Waals surface area contributed by atoms with E-state index in [1.165, 1.54) is 0 Å². The number of thioether (sulfide) groups is 1. The Morgan fingerprint density at radius 2 is 2.21 bits per heavy atom. The minimum absolute atomic E-state index is 0.0775. The van der Waals surface area contributed by atoms with Gasteiger partial charge in [-0.2, -0.15) is 0 Å². The third kappa shape index (κ3) is 3.03. The molecule has 0 spiro atoms. The first-order valence-corrected chi connectivity index (χ1v) is 6.07. The quantitative estimate of drug-likeness (QED) is 0.502. The number of rotatable bonds is 4. The van der Waals surface area contributed by atoms with E-state index in [0.29, 0.717) is 0 Å². The maximum Gasteiger partial charge on any atom is 0.104 e. The summed E-state index contributed by atoms with van der Waals surface area (Å²) in [7, 11) is 0. The number of nitrogens with two attached hydrogens (primary N) is 1. The van der Waals surface area contributed by atoms with Crippen molar-refractivity contribution in [1.29, 1.82) is 5.41 Å². The van der Waals surface area contributed by atoms with Gasteiger partial charge in [-0.25, -0.2) is 0 Å². The van der Waals surface area contributed by atoms with Gasteiger partial charge >= 0.3 is 0 Å². The average Bonchev–Trinajstić information content (AvgIpc) is 2.16. The van der Waals surface area contributed by atoms with Crippen LogP contribution in [0.25, 0.3) is 0 Å². The number of hydrogen-bond donors (Lipinski definition) is 2. The Kier molecular flexibility index (Phi) is 4.48. The summed E-state index contributed by atoms with van der Waals surface area (Å²) in [6.07, 6.45) is 0.876. The lowest BCUT2D eigenvalue weighted by atomic mass is 10.3. The molecule has 3 N–H and O–H groups in total. The number of halogens is 1. The number of nitrogens with one attached hydrogen (secondary N) is 1. The fraction of sp³-hybridized carbons (Fsp3) is 0.300. The first-order chi connectivity index (χ1) is 6.65. The molecule has 1 aromatic carbocycles. The second-order valence-corrected chi connectivity index (χ2v) is 5.00. The van der Waals surface area contributed by atoms with Gasteiger partial charge in [0.05, 0.1) is 5.25 Å². The van der Waals surface area contributed by atoms with Crippen molar-refractivity contribution < 1.29 is 0 Å². The number of hydrogen-bond acceptors (Lipinski definition) is 2. The molecular weight excluding hydrogens is 260 g/mol. The molecule has 1 atom stereocenters. The summed E-state index contributed by atoms with van der Waals surface area (Å²) in [5.41, 5.74) is 5.49. The molecule has 0 saturated heterocycles. The standard InChI is InChI=1S/C10H13BrN2S/c1-2-8(10(12)13)14-9-6-4-3-5-7(9)11/h3-6,8H,2H2,1H3,(H3,12,13). The van der Waals surface area contributed by atoms with E-state index in [9.17, 15) is 0 Å². The lowest BCUT2D eigenvalue weighted by Gasteiger charge is -2.13. The molecule has 0 aliphatic rings. The topological polar surface area (TPSA) is 49.9 Å². The highest BCUT2D eigenvalue weighted by atomic mass is 79.9. The maximum atomic E-state index is 7.41. The normalized spacial score (nSPS) is 12.4. The molecule has 0 saturated carbocycles. The van der Waals surface area contributed by atoms with E-state index in [-0.39, 0.29) is 11.1 Å². The highest BCUT2D eigenvalue weighted by Gasteiger charge is 2.12. The van der Waals surface area contributed by atoms with Gasteiger partial charge in [0.2, 0.25) is 0 Å². The van der Waals surface area contributed by atoms with Crippen LogP contribution in [0.3, 0.4) is 0 Å². The molecule has 0 aliphatic heterocycles. The van der Waals surface area contributed by atoms with Gasteiger partial charge < -0.3 is 5.73 Å². The highest BCUT2D eigenvalue weighted by molar-refractivity contribution is 9.10. The van der Waals surface area contributed by atoms with Gasteiger partial charge in [0, 0.05) is 9.37 Å². The van der Waals surface area contributed by atoms with Crippen molar-refractivity contribution in [2.24, 2.45) is 5.73 Å². The van der Waals surface area contributed by atoms with Crippen molar-refractivity contribution in [2.75, 3.05) is 0 Å². The van der Waals surface area contributed by atoms with Gasteiger partial charge in [0.1, 0.15) is 5.84 Å². The summed E-state index contributed by atoms with van der Waals surface area (Å²) in [4.78, 5) is 1.13. The molecular formula is C10H13BrN2S. The fourth-order valence-corrected chi connectivity index (χ4v) is 2.56. The molecule has 0 radical (unpaired) electrons. The second-order valence-electron chi connectivity index (χ2n) is 2.90. The van der Waals surface area contributed by atoms with E-state index >= 15 is 0 Å². The van der Waals surface area contributed by atoms with Crippen LogP contribution in [0, 0.1) is 5.41 Å². The Labute approximate surface area is 96.9 Å². The molecule has 0 bridgehead atoms. The van der Waals surface area contributed by atoms with E-state index in [1.54, 1.807) is 11.8 Å². The Morgan fingerprint density at radius 3 is 2.71 bits per heavy atom. The van der Waals surface area contributed by atoms with Crippen LogP contribution in [0.5, 0.6) is 0 Å². The second kappa shape index (κ2) is 5.41. The minimum Gasteiger partial charge on any atom is -0.387 e. The van der Waals surface area contributed by atoms with Crippen molar-refractivity contribution in [3.8, 4) is 0 Å². The molecule has 4 heteroatoms. The van der Waals surface area contributed by atoms with Crippen LogP contribution in [-0.4, -0.2) is 11.1 Å². The lowest BCUT2D eigenvalue weighted by molar-refractivity contribution is 0.991. The molecule has 0 heterocycles. The molecule has 0 fully saturated rings. The third-order valence-electron chi connectivity index (χ3n) is 1.82. The monoisotopic (exact) mass is 272 g/mol. The average molecular weight is 273 g/mol. The van der Waals surface area contributed by atoms with Crippen LogP contribution >= 0.6 is 27.7 Å². The van der Waals surface area contributed by atoms with Crippen LogP contribution in [0.1, 0.15) is 13.3 Å². The molecule has 1 aromatic rings. The van der Waals surface area contributed by atoms with Gasteiger partial charge in [0.25, 0.3) is 0 Å². The SMILES string of the molecule is CCC(Sc1ccccc1Br)C(=N)N. The number of amidine groups is 1. The fourth-order valence-electron chi connectivity index (χ4n) is 1.06. The van der Waals surface area contributed by atoms with Crippen molar-refractivity contribution in [1.82, 2.24) is 0 Å². The van der Waals surface area contributed by atoms with Crippen molar-refractivity contribution in [3.63, 3.8) is 0 Å². The van der Waals surface area contributed by atoms with E-state index in [0.717, 1.165) is 15.8 Å². The first-order valence-electron chi connectivity index (χ1n) is 4.40. The van der Waals surface area contributed by atoms with E-state index in [2.05, 4.69) is 15.9 Å². The molecule has 0 amide bonds. The van der Waals surface area contributed by atoms with Crippen molar-refractivity contribution >= 4 is 33.5 Å². The first kappa shape index (κ1) is 11.6. The smallest absolute Gasteiger partial charge is 0.104 e. The summed E-state index contributed by atoms with van der Waals surface area (Å²) >= 11 is 5.10. The zero-order valence-corrected chi connectivity index (χ0v) is 10.4. The molecule has 76 valence electrons. The highest BCUT2D eigenvalue weighted by Crippen LogP contribution is 2.31. The maximum absolute atomic E-state index is 7.41. The van der Waals surface area contributed by atoms with Crippen LogP contribution in [0.15, 0.2) is 33.6 Å². The van der Waals surface area contributed by atoms with Crippen LogP contribution in [0.2, 0.25) is 0 Å².